The Hall–Kier alpha value is -2.05. The zero-order chi connectivity index (χ0) is 16.4. The minimum absolute atomic E-state index is 0.0535. The van der Waals surface area contributed by atoms with Crippen LogP contribution in [0.15, 0.2) is 23.2 Å². The van der Waals surface area contributed by atoms with Crippen molar-refractivity contribution in [3.8, 4) is 11.5 Å². The molecule has 0 saturated heterocycles. The van der Waals surface area contributed by atoms with Crippen molar-refractivity contribution in [2.45, 2.75) is 33.4 Å². The number of para-hydroxylation sites is 1. The standard InChI is InChI=1S/C15H23F2N3O2/c1-4-9-19-15(18-3)20-10-11-7-6-8-12(21-5-2)13(11)22-14(16)17/h6-8,14H,4-5,9-10H2,1-3H3,(H2,18,19,20). The summed E-state index contributed by atoms with van der Waals surface area (Å²) in [6, 6.07) is 5.05. The number of nitrogens with zero attached hydrogens (tertiary/aromatic N) is 1. The number of alkyl halides is 2. The summed E-state index contributed by atoms with van der Waals surface area (Å²) in [5.74, 6) is 0.961. The second-order valence-electron chi connectivity index (χ2n) is 4.41. The predicted octanol–water partition coefficient (Wildman–Crippen LogP) is 2.76. The van der Waals surface area contributed by atoms with E-state index in [0.29, 0.717) is 30.4 Å². The summed E-state index contributed by atoms with van der Waals surface area (Å²) >= 11 is 0. The van der Waals surface area contributed by atoms with Crippen molar-refractivity contribution in [3.63, 3.8) is 0 Å². The van der Waals surface area contributed by atoms with Crippen molar-refractivity contribution in [1.29, 1.82) is 0 Å². The average Bonchev–Trinajstić information content (AvgIpc) is 2.50. The van der Waals surface area contributed by atoms with E-state index in [9.17, 15) is 8.78 Å². The number of hydrogen-bond donors (Lipinski definition) is 2. The summed E-state index contributed by atoms with van der Waals surface area (Å²) in [4.78, 5) is 4.06. The smallest absolute Gasteiger partial charge is 0.387 e. The molecule has 0 aliphatic heterocycles. The van der Waals surface area contributed by atoms with Crippen molar-refractivity contribution in [3.05, 3.63) is 23.8 Å². The van der Waals surface area contributed by atoms with E-state index in [4.69, 9.17) is 4.74 Å². The van der Waals surface area contributed by atoms with Gasteiger partial charge < -0.3 is 20.1 Å². The van der Waals surface area contributed by atoms with Gasteiger partial charge in [0.05, 0.1) is 6.61 Å². The van der Waals surface area contributed by atoms with Crippen LogP contribution in [-0.4, -0.2) is 32.8 Å². The molecule has 0 atom stereocenters. The van der Waals surface area contributed by atoms with Gasteiger partial charge in [-0.2, -0.15) is 8.78 Å². The minimum Gasteiger partial charge on any atom is -0.490 e. The van der Waals surface area contributed by atoms with Crippen LogP contribution < -0.4 is 20.1 Å². The number of halogens is 2. The number of rotatable bonds is 8. The van der Waals surface area contributed by atoms with Crippen LogP contribution in [0.4, 0.5) is 8.78 Å². The van der Waals surface area contributed by atoms with Crippen molar-refractivity contribution in [2.75, 3.05) is 20.2 Å². The van der Waals surface area contributed by atoms with Crippen LogP contribution in [0.5, 0.6) is 11.5 Å². The topological polar surface area (TPSA) is 54.9 Å². The quantitative estimate of drug-likeness (QED) is 0.572. The van der Waals surface area contributed by atoms with Crippen LogP contribution in [0.1, 0.15) is 25.8 Å². The third kappa shape index (κ3) is 5.75. The van der Waals surface area contributed by atoms with Crippen LogP contribution in [0.25, 0.3) is 0 Å². The van der Waals surface area contributed by atoms with E-state index in [0.717, 1.165) is 13.0 Å². The van der Waals surface area contributed by atoms with Gasteiger partial charge in [0, 0.05) is 25.7 Å². The first-order valence-corrected chi connectivity index (χ1v) is 7.26. The SMILES string of the molecule is CCCNC(=NC)NCc1cccc(OCC)c1OC(F)F. The van der Waals surface area contributed by atoms with Gasteiger partial charge in [-0.25, -0.2) is 0 Å². The fourth-order valence-electron chi connectivity index (χ4n) is 1.84. The van der Waals surface area contributed by atoms with E-state index in [1.54, 1.807) is 32.2 Å². The largest absolute Gasteiger partial charge is 0.490 e. The zero-order valence-corrected chi connectivity index (χ0v) is 13.2. The summed E-state index contributed by atoms with van der Waals surface area (Å²) in [5.41, 5.74) is 0.575. The van der Waals surface area contributed by atoms with E-state index in [1.165, 1.54) is 0 Å². The molecule has 0 radical (unpaired) electrons. The fraction of sp³-hybridized carbons (Fsp3) is 0.533. The molecule has 22 heavy (non-hydrogen) atoms. The Morgan fingerprint density at radius 2 is 2.05 bits per heavy atom. The Balaban J connectivity index is 2.86. The monoisotopic (exact) mass is 315 g/mol. The summed E-state index contributed by atoms with van der Waals surface area (Å²) in [5, 5.41) is 6.17. The molecule has 0 saturated carbocycles. The Bertz CT molecular complexity index is 482. The van der Waals surface area contributed by atoms with Crippen LogP contribution in [-0.2, 0) is 6.54 Å². The van der Waals surface area contributed by atoms with Gasteiger partial charge in [-0.05, 0) is 19.4 Å². The van der Waals surface area contributed by atoms with E-state index in [2.05, 4.69) is 20.4 Å². The number of aliphatic imine (C=N–C) groups is 1. The van der Waals surface area contributed by atoms with Crippen molar-refractivity contribution >= 4 is 5.96 Å². The first-order chi connectivity index (χ1) is 10.6. The predicted molar refractivity (Wildman–Crippen MR) is 82.7 cm³/mol. The van der Waals surface area contributed by atoms with Gasteiger partial charge in [-0.3, -0.25) is 4.99 Å². The number of hydrogen-bond acceptors (Lipinski definition) is 3. The Kier molecular flexibility index (Phi) is 8.03. The molecule has 1 rings (SSSR count). The summed E-state index contributed by atoms with van der Waals surface area (Å²) in [6.45, 7) is 2.37. The second kappa shape index (κ2) is 9.81. The third-order valence-corrected chi connectivity index (χ3v) is 2.78. The Morgan fingerprint density at radius 3 is 2.64 bits per heavy atom. The molecule has 0 aliphatic carbocycles. The summed E-state index contributed by atoms with van der Waals surface area (Å²) < 4.78 is 35.2. The van der Waals surface area contributed by atoms with E-state index in [1.807, 2.05) is 6.92 Å². The van der Waals surface area contributed by atoms with Crippen molar-refractivity contribution in [2.24, 2.45) is 4.99 Å². The normalized spacial score (nSPS) is 11.5. The first-order valence-electron chi connectivity index (χ1n) is 7.26. The lowest BCUT2D eigenvalue weighted by atomic mass is 10.2. The Morgan fingerprint density at radius 1 is 1.27 bits per heavy atom. The highest BCUT2D eigenvalue weighted by molar-refractivity contribution is 5.79. The molecule has 0 spiro atoms. The first kappa shape index (κ1) is 18.0. The average molecular weight is 315 g/mol. The van der Waals surface area contributed by atoms with Gasteiger partial charge >= 0.3 is 6.61 Å². The molecule has 0 unspecified atom stereocenters. The van der Waals surface area contributed by atoms with Crippen molar-refractivity contribution in [1.82, 2.24) is 10.6 Å². The lowest BCUT2D eigenvalue weighted by Gasteiger charge is -2.17. The molecule has 124 valence electrons. The second-order valence-corrected chi connectivity index (χ2v) is 4.41. The summed E-state index contributed by atoms with van der Waals surface area (Å²) in [6.07, 6.45) is 0.959. The molecule has 0 aromatic heterocycles. The maximum atomic E-state index is 12.6. The van der Waals surface area contributed by atoms with E-state index in [-0.39, 0.29) is 5.75 Å². The Labute approximate surface area is 129 Å². The zero-order valence-electron chi connectivity index (χ0n) is 13.2. The number of nitrogens with one attached hydrogen (secondary N) is 2. The lowest BCUT2D eigenvalue weighted by molar-refractivity contribution is -0.0520. The van der Waals surface area contributed by atoms with Gasteiger partial charge in [0.15, 0.2) is 17.5 Å². The molecule has 1 aromatic carbocycles. The molecular formula is C15H23F2N3O2. The van der Waals surface area contributed by atoms with Gasteiger partial charge in [0.2, 0.25) is 0 Å². The van der Waals surface area contributed by atoms with Gasteiger partial charge in [-0.15, -0.1) is 0 Å². The lowest BCUT2D eigenvalue weighted by Crippen LogP contribution is -2.37. The molecule has 0 amide bonds. The number of ether oxygens (including phenoxy) is 2. The van der Waals surface area contributed by atoms with Crippen LogP contribution >= 0.6 is 0 Å². The maximum Gasteiger partial charge on any atom is 0.387 e. The molecule has 0 heterocycles. The van der Waals surface area contributed by atoms with Crippen LogP contribution in [0.3, 0.4) is 0 Å². The van der Waals surface area contributed by atoms with Crippen LogP contribution in [0.2, 0.25) is 0 Å². The number of guanidine groups is 1. The molecule has 7 heteroatoms. The molecular weight excluding hydrogens is 292 g/mol. The van der Waals surface area contributed by atoms with E-state index < -0.39 is 6.61 Å². The van der Waals surface area contributed by atoms with Gasteiger partial charge in [0.1, 0.15) is 0 Å². The molecule has 5 nitrogen and oxygen atoms in total. The van der Waals surface area contributed by atoms with Crippen LogP contribution in [0, 0.1) is 0 Å². The number of benzene rings is 1. The third-order valence-electron chi connectivity index (χ3n) is 2.78. The van der Waals surface area contributed by atoms with Gasteiger partial charge in [0.25, 0.3) is 0 Å². The highest BCUT2D eigenvalue weighted by Crippen LogP contribution is 2.32. The molecule has 0 bridgehead atoms. The summed E-state index contributed by atoms with van der Waals surface area (Å²) in [7, 11) is 1.65. The minimum atomic E-state index is -2.90. The van der Waals surface area contributed by atoms with E-state index >= 15 is 0 Å². The fourth-order valence-corrected chi connectivity index (χ4v) is 1.84. The molecule has 1 aromatic rings. The highest BCUT2D eigenvalue weighted by atomic mass is 19.3. The highest BCUT2D eigenvalue weighted by Gasteiger charge is 2.15. The van der Waals surface area contributed by atoms with Gasteiger partial charge in [-0.1, -0.05) is 19.1 Å². The van der Waals surface area contributed by atoms with Crippen molar-refractivity contribution < 1.29 is 18.3 Å². The maximum absolute atomic E-state index is 12.6. The molecule has 0 aliphatic rings. The molecule has 0 fully saturated rings. The molecule has 2 N–H and O–H groups in total.